The zero-order chi connectivity index (χ0) is 14.0. The van der Waals surface area contributed by atoms with E-state index in [-0.39, 0.29) is 4.90 Å². The summed E-state index contributed by atoms with van der Waals surface area (Å²) < 4.78 is 26.1. The fourth-order valence-corrected chi connectivity index (χ4v) is 3.40. The number of aryl methyl sites for hydroxylation is 2. The molecule has 100 valence electrons. The minimum Gasteiger partial charge on any atom is -0.267 e. The minimum absolute atomic E-state index is 0.0185. The van der Waals surface area contributed by atoms with Gasteiger partial charge < -0.3 is 0 Å². The second-order valence-corrected chi connectivity index (χ2v) is 6.66. The van der Waals surface area contributed by atoms with Gasteiger partial charge in [0.05, 0.1) is 4.88 Å². The zero-order valence-corrected chi connectivity index (χ0v) is 12.0. The smallest absolute Gasteiger partial charge is 0.267 e. The maximum absolute atomic E-state index is 12.0. The van der Waals surface area contributed by atoms with Gasteiger partial charge in [0.15, 0.2) is 0 Å². The van der Waals surface area contributed by atoms with E-state index in [2.05, 4.69) is 4.98 Å². The number of nitrogens with one attached hydrogen (secondary N) is 1. The molecule has 7 heteroatoms. The van der Waals surface area contributed by atoms with Gasteiger partial charge in [0.25, 0.3) is 15.9 Å². The Morgan fingerprint density at radius 2 is 2.05 bits per heavy atom. The molecule has 5 nitrogen and oxygen atoms in total. The Kier molecular flexibility index (Phi) is 3.68. The first-order chi connectivity index (χ1) is 8.90. The Balaban J connectivity index is 2.28. The molecule has 0 unspecified atom stereocenters. The number of nitrogens with zero attached hydrogens (tertiary/aromatic N) is 1. The van der Waals surface area contributed by atoms with Gasteiger partial charge in [0.1, 0.15) is 4.90 Å². The summed E-state index contributed by atoms with van der Waals surface area (Å²) in [6.07, 6.45) is 2.76. The number of carbonyl (C=O) groups excluding carboxylic acids is 1. The van der Waals surface area contributed by atoms with Crippen LogP contribution >= 0.6 is 11.3 Å². The van der Waals surface area contributed by atoms with Crippen molar-refractivity contribution in [2.24, 2.45) is 0 Å². The molecule has 2 rings (SSSR count). The highest BCUT2D eigenvalue weighted by molar-refractivity contribution is 7.90. The summed E-state index contributed by atoms with van der Waals surface area (Å²) in [7, 11) is -3.88. The minimum atomic E-state index is -3.88. The topological polar surface area (TPSA) is 76.1 Å². The summed E-state index contributed by atoms with van der Waals surface area (Å²) in [5.74, 6) is -0.617. The number of hydrogen-bond donors (Lipinski definition) is 1. The van der Waals surface area contributed by atoms with Gasteiger partial charge >= 0.3 is 0 Å². The zero-order valence-electron chi connectivity index (χ0n) is 10.4. The highest BCUT2D eigenvalue weighted by atomic mass is 32.2. The third-order valence-electron chi connectivity index (χ3n) is 2.46. The normalized spacial score (nSPS) is 11.3. The molecule has 0 spiro atoms. The average Bonchev–Trinajstić information content (AvgIpc) is 2.75. The summed E-state index contributed by atoms with van der Waals surface area (Å²) in [6, 6.07) is 3.23. The summed E-state index contributed by atoms with van der Waals surface area (Å²) in [5.41, 5.74) is 1.46. The van der Waals surface area contributed by atoms with E-state index in [4.69, 9.17) is 0 Å². The SMILES string of the molecule is Cc1cncc(S(=O)(=O)NC(=O)c2sccc2C)c1. The van der Waals surface area contributed by atoms with Gasteiger partial charge in [-0.1, -0.05) is 0 Å². The van der Waals surface area contributed by atoms with Crippen LogP contribution in [0.25, 0.3) is 0 Å². The lowest BCUT2D eigenvalue weighted by molar-refractivity contribution is 0.0985. The van der Waals surface area contributed by atoms with Crippen molar-refractivity contribution in [3.05, 3.63) is 45.9 Å². The predicted molar refractivity (Wildman–Crippen MR) is 72.7 cm³/mol. The second-order valence-electron chi connectivity index (χ2n) is 4.07. The molecule has 2 aromatic rings. The summed E-state index contributed by atoms with van der Waals surface area (Å²) in [4.78, 5) is 16.1. The highest BCUT2D eigenvalue weighted by Crippen LogP contribution is 2.16. The van der Waals surface area contributed by atoms with Crippen LogP contribution in [0.2, 0.25) is 0 Å². The molecule has 0 atom stereocenters. The highest BCUT2D eigenvalue weighted by Gasteiger charge is 2.20. The van der Waals surface area contributed by atoms with Crippen LogP contribution in [0.4, 0.5) is 0 Å². The van der Waals surface area contributed by atoms with Gasteiger partial charge in [0.2, 0.25) is 0 Å². The number of amides is 1. The Morgan fingerprint density at radius 3 is 2.63 bits per heavy atom. The van der Waals surface area contributed by atoms with Crippen molar-refractivity contribution in [2.75, 3.05) is 0 Å². The molecule has 0 aliphatic carbocycles. The molecular formula is C12H12N2O3S2. The van der Waals surface area contributed by atoms with Crippen molar-refractivity contribution < 1.29 is 13.2 Å². The number of pyridine rings is 1. The molecule has 0 aliphatic rings. The van der Waals surface area contributed by atoms with Gasteiger partial charge in [-0.15, -0.1) is 11.3 Å². The van der Waals surface area contributed by atoms with Crippen LogP contribution < -0.4 is 4.72 Å². The fraction of sp³-hybridized carbons (Fsp3) is 0.167. The van der Waals surface area contributed by atoms with E-state index in [1.165, 1.54) is 23.6 Å². The van der Waals surface area contributed by atoms with Crippen molar-refractivity contribution in [1.82, 2.24) is 9.71 Å². The lowest BCUT2D eigenvalue weighted by Crippen LogP contribution is -2.30. The standard InChI is InChI=1S/C12H12N2O3S2/c1-8-5-10(7-13-6-8)19(16,17)14-12(15)11-9(2)3-4-18-11/h3-7H,1-2H3,(H,14,15). The first-order valence-electron chi connectivity index (χ1n) is 5.43. The van der Waals surface area contributed by atoms with Crippen LogP contribution in [0, 0.1) is 13.8 Å². The predicted octanol–water partition coefficient (Wildman–Crippen LogP) is 1.88. The van der Waals surface area contributed by atoms with E-state index >= 15 is 0 Å². The Hall–Kier alpha value is -1.73. The van der Waals surface area contributed by atoms with Gasteiger partial charge in [0, 0.05) is 12.4 Å². The molecule has 0 fully saturated rings. The second kappa shape index (κ2) is 5.10. The largest absolute Gasteiger partial charge is 0.275 e. The molecule has 0 aliphatic heterocycles. The van der Waals surface area contributed by atoms with Crippen molar-refractivity contribution in [3.8, 4) is 0 Å². The first-order valence-corrected chi connectivity index (χ1v) is 7.79. The molecule has 0 bridgehead atoms. The van der Waals surface area contributed by atoms with E-state index in [0.29, 0.717) is 10.4 Å². The lowest BCUT2D eigenvalue weighted by atomic mass is 10.3. The van der Waals surface area contributed by atoms with Crippen molar-refractivity contribution in [1.29, 1.82) is 0 Å². The average molecular weight is 296 g/mol. The molecule has 2 aromatic heterocycles. The van der Waals surface area contributed by atoms with Gasteiger partial charge in [-0.05, 0) is 42.5 Å². The lowest BCUT2D eigenvalue weighted by Gasteiger charge is -2.06. The Morgan fingerprint density at radius 1 is 1.32 bits per heavy atom. The molecule has 0 saturated heterocycles. The van der Waals surface area contributed by atoms with E-state index < -0.39 is 15.9 Å². The number of hydrogen-bond acceptors (Lipinski definition) is 5. The van der Waals surface area contributed by atoms with E-state index in [1.54, 1.807) is 31.5 Å². The van der Waals surface area contributed by atoms with Crippen LogP contribution in [-0.4, -0.2) is 19.3 Å². The molecule has 1 N–H and O–H groups in total. The van der Waals surface area contributed by atoms with E-state index in [1.807, 2.05) is 4.72 Å². The molecule has 0 saturated carbocycles. The van der Waals surface area contributed by atoms with E-state index in [9.17, 15) is 13.2 Å². The van der Waals surface area contributed by atoms with Crippen LogP contribution in [0.5, 0.6) is 0 Å². The van der Waals surface area contributed by atoms with E-state index in [0.717, 1.165) is 5.56 Å². The number of thiophene rings is 1. The third kappa shape index (κ3) is 2.99. The number of aromatic nitrogens is 1. The molecule has 2 heterocycles. The first kappa shape index (κ1) is 13.7. The Bertz CT molecular complexity index is 720. The molecule has 0 aromatic carbocycles. The Labute approximate surface area is 115 Å². The number of carbonyl (C=O) groups is 1. The maximum atomic E-state index is 12.0. The fourth-order valence-electron chi connectivity index (χ4n) is 1.51. The third-order valence-corrected chi connectivity index (χ3v) is 4.77. The summed E-state index contributed by atoms with van der Waals surface area (Å²) in [5, 5.41) is 1.74. The van der Waals surface area contributed by atoms with Crippen molar-refractivity contribution in [3.63, 3.8) is 0 Å². The van der Waals surface area contributed by atoms with Crippen LogP contribution in [-0.2, 0) is 10.0 Å². The summed E-state index contributed by atoms with van der Waals surface area (Å²) in [6.45, 7) is 3.49. The van der Waals surface area contributed by atoms with Crippen molar-refractivity contribution in [2.45, 2.75) is 18.7 Å². The van der Waals surface area contributed by atoms with Crippen LogP contribution in [0.1, 0.15) is 20.8 Å². The quantitative estimate of drug-likeness (QED) is 0.938. The molecule has 19 heavy (non-hydrogen) atoms. The number of rotatable bonds is 3. The van der Waals surface area contributed by atoms with Crippen LogP contribution in [0.3, 0.4) is 0 Å². The van der Waals surface area contributed by atoms with Gasteiger partial charge in [-0.25, -0.2) is 13.1 Å². The maximum Gasteiger partial charge on any atom is 0.275 e. The van der Waals surface area contributed by atoms with Gasteiger partial charge in [-0.2, -0.15) is 0 Å². The molecule has 1 amide bonds. The monoisotopic (exact) mass is 296 g/mol. The molecule has 0 radical (unpaired) electrons. The number of sulfonamides is 1. The molecular weight excluding hydrogens is 284 g/mol. The van der Waals surface area contributed by atoms with Crippen molar-refractivity contribution >= 4 is 27.3 Å². The van der Waals surface area contributed by atoms with Crippen LogP contribution in [0.15, 0.2) is 34.8 Å². The summed E-state index contributed by atoms with van der Waals surface area (Å²) >= 11 is 1.20. The van der Waals surface area contributed by atoms with Gasteiger partial charge in [-0.3, -0.25) is 9.78 Å².